The minimum atomic E-state index is -0.986. The van der Waals surface area contributed by atoms with Gasteiger partial charge in [-0.15, -0.1) is 0 Å². The normalized spacial score (nSPS) is 18.0. The molecule has 0 spiro atoms. The molecule has 0 aromatic heterocycles. The molecule has 4 heteroatoms. The highest BCUT2D eigenvalue weighted by Crippen LogP contribution is 2.26. The number of aliphatic hydroxyl groups is 1. The molecule has 0 saturated carbocycles. The van der Waals surface area contributed by atoms with Crippen LogP contribution < -0.4 is 4.90 Å². The average Bonchev–Trinajstić information content (AvgIpc) is 2.70. The Labute approximate surface area is 162 Å². The van der Waals surface area contributed by atoms with E-state index in [1.807, 2.05) is 35.2 Å². The number of anilines is 1. The summed E-state index contributed by atoms with van der Waals surface area (Å²) in [5.74, 6) is -0.211. The Morgan fingerprint density at radius 1 is 1.04 bits per heavy atom. The summed E-state index contributed by atoms with van der Waals surface area (Å²) in [7, 11) is 0. The van der Waals surface area contributed by atoms with Crippen LogP contribution in [-0.4, -0.2) is 47.2 Å². The molecular weight excluding hydrogens is 336 g/mol. The van der Waals surface area contributed by atoms with Gasteiger partial charge in [-0.2, -0.15) is 0 Å². The summed E-state index contributed by atoms with van der Waals surface area (Å²) in [5, 5.41) is 9.89. The molecule has 1 aliphatic heterocycles. The highest BCUT2D eigenvalue weighted by atomic mass is 16.3. The molecule has 1 saturated heterocycles. The van der Waals surface area contributed by atoms with Gasteiger partial charge in [0.05, 0.1) is 0 Å². The number of carbonyl (C=O) groups excluding carboxylic acids is 1. The standard InChI is InChI=1S/C23H30N2O2/c1-18(17-20-9-5-3-6-10-20)24-15-13-22(14-16-24)25(23(27)19(2)26)21-11-7-4-8-12-21/h3-12,18-19,22,26H,13-17H2,1-2H3. The zero-order valence-corrected chi connectivity index (χ0v) is 16.3. The highest BCUT2D eigenvalue weighted by Gasteiger charge is 2.32. The van der Waals surface area contributed by atoms with E-state index in [-0.39, 0.29) is 11.9 Å². The molecule has 2 unspecified atom stereocenters. The highest BCUT2D eigenvalue weighted by molar-refractivity contribution is 5.96. The maximum Gasteiger partial charge on any atom is 0.255 e. The predicted octanol–water partition coefficient (Wildman–Crippen LogP) is 3.50. The Balaban J connectivity index is 1.64. The first-order valence-corrected chi connectivity index (χ1v) is 9.90. The van der Waals surface area contributed by atoms with Gasteiger partial charge in [0.25, 0.3) is 5.91 Å². The molecule has 2 atom stereocenters. The maximum atomic E-state index is 12.7. The summed E-state index contributed by atoms with van der Waals surface area (Å²) in [6.07, 6.45) is 1.90. The van der Waals surface area contributed by atoms with Crippen molar-refractivity contribution in [1.29, 1.82) is 0 Å². The second-order valence-electron chi connectivity index (χ2n) is 7.53. The van der Waals surface area contributed by atoms with Gasteiger partial charge < -0.3 is 14.9 Å². The van der Waals surface area contributed by atoms with E-state index < -0.39 is 6.10 Å². The zero-order valence-electron chi connectivity index (χ0n) is 16.3. The lowest BCUT2D eigenvalue weighted by Crippen LogP contribution is -2.51. The largest absolute Gasteiger partial charge is 0.384 e. The van der Waals surface area contributed by atoms with Crippen LogP contribution in [0.4, 0.5) is 5.69 Å². The lowest BCUT2D eigenvalue weighted by Gasteiger charge is -2.41. The number of hydrogen-bond donors (Lipinski definition) is 1. The van der Waals surface area contributed by atoms with Crippen LogP contribution in [0.2, 0.25) is 0 Å². The van der Waals surface area contributed by atoms with Crippen molar-refractivity contribution in [2.75, 3.05) is 18.0 Å². The second-order valence-corrected chi connectivity index (χ2v) is 7.53. The number of carbonyl (C=O) groups is 1. The molecule has 1 amide bonds. The molecule has 1 N–H and O–H groups in total. The Kier molecular flexibility index (Phi) is 6.64. The number of hydrogen-bond acceptors (Lipinski definition) is 3. The predicted molar refractivity (Wildman–Crippen MR) is 110 cm³/mol. The third-order valence-corrected chi connectivity index (χ3v) is 5.49. The molecule has 1 aliphatic rings. The quantitative estimate of drug-likeness (QED) is 0.851. The molecule has 0 aliphatic carbocycles. The summed E-state index contributed by atoms with van der Waals surface area (Å²) in [4.78, 5) is 17.0. The number of nitrogens with zero attached hydrogens (tertiary/aromatic N) is 2. The van der Waals surface area contributed by atoms with Crippen LogP contribution in [-0.2, 0) is 11.2 Å². The van der Waals surface area contributed by atoms with Gasteiger partial charge >= 0.3 is 0 Å². The van der Waals surface area contributed by atoms with Crippen molar-refractivity contribution in [1.82, 2.24) is 4.90 Å². The number of para-hydroxylation sites is 1. The van der Waals surface area contributed by atoms with Crippen LogP contribution >= 0.6 is 0 Å². The van der Waals surface area contributed by atoms with Crippen molar-refractivity contribution in [2.24, 2.45) is 0 Å². The summed E-state index contributed by atoms with van der Waals surface area (Å²) in [6, 6.07) is 20.9. The van der Waals surface area contributed by atoms with Gasteiger partial charge in [-0.1, -0.05) is 48.5 Å². The first kappa shape index (κ1) is 19.6. The number of likely N-dealkylation sites (tertiary alicyclic amines) is 1. The summed E-state index contributed by atoms with van der Waals surface area (Å²) in [6.45, 7) is 5.77. The zero-order chi connectivity index (χ0) is 19.2. The van der Waals surface area contributed by atoms with Crippen molar-refractivity contribution in [3.05, 3.63) is 66.2 Å². The van der Waals surface area contributed by atoms with Crippen LogP contribution in [0, 0.1) is 0 Å². The lowest BCUT2D eigenvalue weighted by atomic mass is 9.98. The Morgan fingerprint density at radius 2 is 1.59 bits per heavy atom. The topological polar surface area (TPSA) is 43.8 Å². The fourth-order valence-corrected chi connectivity index (χ4v) is 3.98. The average molecular weight is 367 g/mol. The molecule has 27 heavy (non-hydrogen) atoms. The van der Waals surface area contributed by atoms with Crippen LogP contribution in [0.15, 0.2) is 60.7 Å². The van der Waals surface area contributed by atoms with E-state index in [9.17, 15) is 9.90 Å². The Hall–Kier alpha value is -2.17. The summed E-state index contributed by atoms with van der Waals surface area (Å²) in [5.41, 5.74) is 2.24. The van der Waals surface area contributed by atoms with Crippen LogP contribution in [0.3, 0.4) is 0 Å². The smallest absolute Gasteiger partial charge is 0.255 e. The Bertz CT molecular complexity index is 710. The minimum absolute atomic E-state index is 0.134. The molecule has 4 nitrogen and oxygen atoms in total. The van der Waals surface area contributed by atoms with Gasteiger partial charge in [-0.25, -0.2) is 0 Å². The third kappa shape index (κ3) is 4.96. The lowest BCUT2D eigenvalue weighted by molar-refractivity contribution is -0.126. The molecule has 2 aromatic rings. The van der Waals surface area contributed by atoms with E-state index in [0.717, 1.165) is 38.0 Å². The number of benzene rings is 2. The van der Waals surface area contributed by atoms with Gasteiger partial charge in [-0.3, -0.25) is 4.79 Å². The molecule has 144 valence electrons. The number of piperidine rings is 1. The van der Waals surface area contributed by atoms with Crippen LogP contribution in [0.1, 0.15) is 32.3 Å². The monoisotopic (exact) mass is 366 g/mol. The van der Waals surface area contributed by atoms with Gasteiger partial charge in [0.15, 0.2) is 0 Å². The fourth-order valence-electron chi connectivity index (χ4n) is 3.98. The fraction of sp³-hybridized carbons (Fsp3) is 0.435. The maximum absolute atomic E-state index is 12.7. The third-order valence-electron chi connectivity index (χ3n) is 5.49. The second kappa shape index (κ2) is 9.16. The van der Waals surface area contributed by atoms with Gasteiger partial charge in [0.1, 0.15) is 6.10 Å². The van der Waals surface area contributed by atoms with E-state index >= 15 is 0 Å². The molecule has 0 radical (unpaired) electrons. The van der Waals surface area contributed by atoms with Crippen molar-refractivity contribution in [2.45, 2.75) is 51.3 Å². The van der Waals surface area contributed by atoms with E-state index in [1.54, 1.807) is 6.92 Å². The molecular formula is C23H30N2O2. The van der Waals surface area contributed by atoms with Crippen molar-refractivity contribution in [3.8, 4) is 0 Å². The molecule has 0 bridgehead atoms. The van der Waals surface area contributed by atoms with Crippen LogP contribution in [0.25, 0.3) is 0 Å². The number of amides is 1. The Morgan fingerprint density at radius 3 is 2.15 bits per heavy atom. The summed E-state index contributed by atoms with van der Waals surface area (Å²) >= 11 is 0. The molecule has 3 rings (SSSR count). The van der Waals surface area contributed by atoms with E-state index in [1.165, 1.54) is 5.56 Å². The number of rotatable bonds is 6. The molecule has 1 fully saturated rings. The molecule has 1 heterocycles. The molecule has 2 aromatic carbocycles. The van der Waals surface area contributed by atoms with Gasteiger partial charge in [-0.05, 0) is 50.8 Å². The minimum Gasteiger partial charge on any atom is -0.384 e. The van der Waals surface area contributed by atoms with E-state index in [4.69, 9.17) is 0 Å². The first-order valence-electron chi connectivity index (χ1n) is 9.90. The van der Waals surface area contributed by atoms with Crippen molar-refractivity contribution >= 4 is 11.6 Å². The van der Waals surface area contributed by atoms with Crippen LogP contribution in [0.5, 0.6) is 0 Å². The SMILES string of the molecule is CC(O)C(=O)N(c1ccccc1)C1CCN(C(C)Cc2ccccc2)CC1. The van der Waals surface area contributed by atoms with Gasteiger partial charge in [0, 0.05) is 30.9 Å². The van der Waals surface area contributed by atoms with Gasteiger partial charge in [0.2, 0.25) is 0 Å². The first-order chi connectivity index (χ1) is 13.1. The van der Waals surface area contributed by atoms with Crippen molar-refractivity contribution in [3.63, 3.8) is 0 Å². The van der Waals surface area contributed by atoms with E-state index in [2.05, 4.69) is 42.2 Å². The van der Waals surface area contributed by atoms with E-state index in [0.29, 0.717) is 6.04 Å². The summed E-state index contributed by atoms with van der Waals surface area (Å²) < 4.78 is 0. The number of aliphatic hydroxyl groups excluding tert-OH is 1. The van der Waals surface area contributed by atoms with Crippen molar-refractivity contribution < 1.29 is 9.90 Å².